The van der Waals surface area contributed by atoms with E-state index in [-0.39, 0.29) is 0 Å². The van der Waals surface area contributed by atoms with E-state index in [1.807, 2.05) is 30.5 Å². The van der Waals surface area contributed by atoms with Crippen LogP contribution in [0.5, 0.6) is 5.75 Å². The number of hydrogen-bond acceptors (Lipinski definition) is 9. The number of ether oxygens (including phenoxy) is 2. The number of anilines is 2. The molecule has 34 heavy (non-hydrogen) atoms. The minimum atomic E-state index is 0.390. The molecule has 0 unspecified atom stereocenters. The molecule has 9 heteroatoms. The topological polar surface area (TPSA) is 107 Å². The number of nitriles is 1. The normalized spacial score (nSPS) is 16.6. The second-order valence-electron chi connectivity index (χ2n) is 8.42. The number of methoxy groups -OCH3 is 1. The van der Waals surface area contributed by atoms with Gasteiger partial charge in [-0.1, -0.05) is 12.1 Å². The molecule has 1 fully saturated rings. The first-order valence-corrected chi connectivity index (χ1v) is 11.5. The van der Waals surface area contributed by atoms with Crippen LogP contribution in [0.2, 0.25) is 0 Å². The van der Waals surface area contributed by atoms with Gasteiger partial charge in [0.15, 0.2) is 0 Å². The van der Waals surface area contributed by atoms with Crippen LogP contribution in [0.4, 0.5) is 11.5 Å². The van der Waals surface area contributed by atoms with Gasteiger partial charge < -0.3 is 30.3 Å². The van der Waals surface area contributed by atoms with Crippen molar-refractivity contribution < 1.29 is 9.47 Å². The average molecular weight is 462 g/mol. The Morgan fingerprint density at radius 2 is 2.09 bits per heavy atom. The minimum Gasteiger partial charge on any atom is -0.491 e. The van der Waals surface area contributed by atoms with Crippen molar-refractivity contribution in [1.29, 1.82) is 5.26 Å². The van der Waals surface area contributed by atoms with Crippen molar-refractivity contribution in [3.05, 3.63) is 48.5 Å². The van der Waals surface area contributed by atoms with Crippen LogP contribution in [0.1, 0.15) is 12.8 Å². The Morgan fingerprint density at radius 3 is 2.82 bits per heavy atom. The van der Waals surface area contributed by atoms with E-state index in [1.54, 1.807) is 13.3 Å². The Bertz CT molecular complexity index is 1080. The van der Waals surface area contributed by atoms with Gasteiger partial charge in [-0.15, -0.1) is 0 Å². The molecule has 0 spiro atoms. The highest BCUT2D eigenvalue weighted by atomic mass is 16.5. The lowest BCUT2D eigenvalue weighted by molar-refractivity contribution is 0.146. The van der Waals surface area contributed by atoms with E-state index >= 15 is 0 Å². The van der Waals surface area contributed by atoms with Crippen molar-refractivity contribution in [3.8, 4) is 22.9 Å². The first kappa shape index (κ1) is 23.5. The van der Waals surface area contributed by atoms with Gasteiger partial charge in [-0.3, -0.25) is 0 Å². The Hall–Kier alpha value is -3.61. The summed E-state index contributed by atoms with van der Waals surface area (Å²) in [5.41, 5.74) is 3.50. The molecule has 2 aromatic rings. The summed E-state index contributed by atoms with van der Waals surface area (Å²) in [6.45, 7) is 3.58. The van der Waals surface area contributed by atoms with E-state index in [9.17, 15) is 0 Å². The number of pyridine rings is 1. The van der Waals surface area contributed by atoms with Gasteiger partial charge in [0.1, 0.15) is 35.8 Å². The fourth-order valence-corrected chi connectivity index (χ4v) is 3.94. The number of aliphatic imine (C=N–C) groups is 1. The largest absolute Gasteiger partial charge is 0.491 e. The SMILES string of the molecule is COCCOc1cccc(-c2cnc(NC3=CN=C(C#N)CN3)cc2NC2CCN(C)CC2)c1. The zero-order valence-corrected chi connectivity index (χ0v) is 19.7. The van der Waals surface area contributed by atoms with Crippen LogP contribution in [-0.2, 0) is 4.74 Å². The van der Waals surface area contributed by atoms with E-state index in [0.717, 1.165) is 48.5 Å². The Balaban J connectivity index is 1.59. The van der Waals surface area contributed by atoms with Crippen LogP contribution in [0.25, 0.3) is 11.1 Å². The van der Waals surface area contributed by atoms with Gasteiger partial charge in [-0.05, 0) is 50.7 Å². The van der Waals surface area contributed by atoms with Crippen LogP contribution < -0.4 is 20.7 Å². The van der Waals surface area contributed by atoms with Crippen LogP contribution in [0, 0.1) is 11.3 Å². The summed E-state index contributed by atoms with van der Waals surface area (Å²) in [5.74, 6) is 2.20. The van der Waals surface area contributed by atoms with Crippen molar-refractivity contribution in [2.45, 2.75) is 18.9 Å². The molecule has 9 nitrogen and oxygen atoms in total. The van der Waals surface area contributed by atoms with Crippen LogP contribution in [-0.4, -0.2) is 68.6 Å². The number of likely N-dealkylation sites (tertiary alicyclic amines) is 1. The fraction of sp³-hybridized carbons (Fsp3) is 0.400. The summed E-state index contributed by atoms with van der Waals surface area (Å²) in [7, 11) is 3.83. The molecule has 2 aliphatic heterocycles. The van der Waals surface area contributed by atoms with Crippen molar-refractivity contribution in [3.63, 3.8) is 0 Å². The maximum atomic E-state index is 8.98. The highest BCUT2D eigenvalue weighted by molar-refractivity contribution is 6.01. The third-order valence-electron chi connectivity index (χ3n) is 5.87. The second-order valence-corrected chi connectivity index (χ2v) is 8.42. The molecule has 2 aliphatic rings. The fourth-order valence-electron chi connectivity index (χ4n) is 3.94. The molecule has 0 radical (unpaired) electrons. The van der Waals surface area contributed by atoms with Gasteiger partial charge >= 0.3 is 0 Å². The molecular formula is C25H31N7O2. The highest BCUT2D eigenvalue weighted by Crippen LogP contribution is 2.33. The number of nitrogens with zero attached hydrogens (tertiary/aromatic N) is 4. The van der Waals surface area contributed by atoms with Gasteiger partial charge in [0.25, 0.3) is 0 Å². The van der Waals surface area contributed by atoms with Crippen LogP contribution in [0.15, 0.2) is 53.5 Å². The molecule has 0 atom stereocenters. The summed E-state index contributed by atoms with van der Waals surface area (Å²) in [5, 5.41) is 19.2. The molecule has 0 aliphatic carbocycles. The molecule has 4 rings (SSSR count). The predicted octanol–water partition coefficient (Wildman–Crippen LogP) is 3.06. The van der Waals surface area contributed by atoms with Crippen molar-refractivity contribution in [2.75, 3.05) is 57.6 Å². The smallest absolute Gasteiger partial charge is 0.136 e. The highest BCUT2D eigenvalue weighted by Gasteiger charge is 2.19. The number of benzene rings is 1. The second kappa shape index (κ2) is 11.5. The number of hydrogen-bond donors (Lipinski definition) is 3. The zero-order valence-electron chi connectivity index (χ0n) is 19.7. The number of nitrogens with one attached hydrogen (secondary N) is 3. The molecule has 3 heterocycles. The first-order valence-electron chi connectivity index (χ1n) is 11.5. The van der Waals surface area contributed by atoms with Crippen molar-refractivity contribution in [1.82, 2.24) is 15.2 Å². The molecule has 0 bridgehead atoms. The Kier molecular flexibility index (Phi) is 7.96. The standard InChI is InChI=1S/C25H31N7O2/c1-32-8-6-19(7-9-32)30-23-13-24(31-25-17-27-20(14-26)15-28-25)29-16-22(23)18-4-3-5-21(12-18)34-11-10-33-2/h3-5,12-13,16-17,19,28H,6-11,15H2,1-2H3,(H2,29,30,31). The summed E-state index contributed by atoms with van der Waals surface area (Å²) in [6.07, 6.45) is 5.66. The van der Waals surface area contributed by atoms with E-state index < -0.39 is 0 Å². The maximum absolute atomic E-state index is 8.98. The van der Waals surface area contributed by atoms with E-state index in [1.165, 1.54) is 0 Å². The summed E-state index contributed by atoms with van der Waals surface area (Å²) < 4.78 is 10.9. The molecule has 1 aromatic carbocycles. The third-order valence-corrected chi connectivity index (χ3v) is 5.87. The van der Waals surface area contributed by atoms with E-state index in [2.05, 4.69) is 50.0 Å². The summed E-state index contributed by atoms with van der Waals surface area (Å²) in [6, 6.07) is 12.5. The molecule has 1 aromatic heterocycles. The number of aromatic nitrogens is 1. The monoisotopic (exact) mass is 461 g/mol. The Morgan fingerprint density at radius 1 is 1.24 bits per heavy atom. The van der Waals surface area contributed by atoms with Gasteiger partial charge in [0.05, 0.1) is 19.4 Å². The maximum Gasteiger partial charge on any atom is 0.136 e. The predicted molar refractivity (Wildman–Crippen MR) is 134 cm³/mol. The van der Waals surface area contributed by atoms with Crippen LogP contribution in [0.3, 0.4) is 0 Å². The van der Waals surface area contributed by atoms with Gasteiger partial charge in [-0.2, -0.15) is 5.26 Å². The quantitative estimate of drug-likeness (QED) is 0.489. The molecule has 0 saturated carbocycles. The van der Waals surface area contributed by atoms with Crippen LogP contribution >= 0.6 is 0 Å². The van der Waals surface area contributed by atoms with Crippen molar-refractivity contribution in [2.24, 2.45) is 4.99 Å². The lowest BCUT2D eigenvalue weighted by atomic mass is 10.0. The zero-order chi connectivity index (χ0) is 23.8. The first-order chi connectivity index (χ1) is 16.6. The average Bonchev–Trinajstić information content (AvgIpc) is 2.86. The van der Waals surface area contributed by atoms with Gasteiger partial charge in [0.2, 0.25) is 0 Å². The summed E-state index contributed by atoms with van der Waals surface area (Å²) in [4.78, 5) is 11.2. The summed E-state index contributed by atoms with van der Waals surface area (Å²) >= 11 is 0. The molecule has 1 saturated heterocycles. The van der Waals surface area contributed by atoms with Gasteiger partial charge in [0, 0.05) is 36.7 Å². The lowest BCUT2D eigenvalue weighted by Crippen LogP contribution is -2.36. The molecular weight excluding hydrogens is 430 g/mol. The lowest BCUT2D eigenvalue weighted by Gasteiger charge is -2.31. The van der Waals surface area contributed by atoms with Gasteiger partial charge in [-0.25, -0.2) is 9.98 Å². The molecule has 3 N–H and O–H groups in total. The van der Waals surface area contributed by atoms with E-state index in [4.69, 9.17) is 14.7 Å². The third kappa shape index (κ3) is 6.25. The molecule has 0 amide bonds. The van der Waals surface area contributed by atoms with Crippen molar-refractivity contribution >= 4 is 17.2 Å². The molecule has 178 valence electrons. The minimum absolute atomic E-state index is 0.390. The number of piperidine rings is 1. The van der Waals surface area contributed by atoms with E-state index in [0.29, 0.717) is 43.2 Å². The Labute approximate surface area is 200 Å². The number of rotatable bonds is 9.